The van der Waals surface area contributed by atoms with Gasteiger partial charge in [-0.15, -0.1) is 0 Å². The number of urea groups is 1. The van der Waals surface area contributed by atoms with Gasteiger partial charge in [0.05, 0.1) is 19.3 Å². The van der Waals surface area contributed by atoms with Crippen molar-refractivity contribution >= 4 is 12.0 Å². The number of carbonyl (C=O) groups is 2. The normalized spacial score (nSPS) is 33.0. The summed E-state index contributed by atoms with van der Waals surface area (Å²) in [5.41, 5.74) is 0. The second-order valence-electron chi connectivity index (χ2n) is 6.17. The highest BCUT2D eigenvalue weighted by Gasteiger charge is 2.42. The molecule has 0 bridgehead atoms. The number of carboxylic acid groups (broad SMARTS) is 1. The van der Waals surface area contributed by atoms with Crippen LogP contribution in [0.4, 0.5) is 4.79 Å². The second kappa shape index (κ2) is 6.64. The van der Waals surface area contributed by atoms with Crippen LogP contribution in [-0.2, 0) is 9.53 Å². The topological polar surface area (TPSA) is 70.1 Å². The van der Waals surface area contributed by atoms with Crippen LogP contribution in [0.15, 0.2) is 0 Å². The van der Waals surface area contributed by atoms with Crippen LogP contribution in [0.3, 0.4) is 0 Å². The highest BCUT2D eigenvalue weighted by molar-refractivity contribution is 5.77. The van der Waals surface area contributed by atoms with Crippen molar-refractivity contribution in [1.29, 1.82) is 0 Å². The summed E-state index contributed by atoms with van der Waals surface area (Å²) in [6.45, 7) is 7.91. The zero-order valence-corrected chi connectivity index (χ0v) is 13.1. The van der Waals surface area contributed by atoms with E-state index in [-0.39, 0.29) is 24.7 Å². The number of piperidine rings is 1. The number of likely N-dealkylation sites (N-methyl/N-ethyl adjacent to an activating group) is 1. The van der Waals surface area contributed by atoms with E-state index in [2.05, 4.69) is 13.8 Å². The zero-order valence-electron chi connectivity index (χ0n) is 13.1. The summed E-state index contributed by atoms with van der Waals surface area (Å²) in [4.78, 5) is 27.7. The van der Waals surface area contributed by atoms with E-state index in [0.29, 0.717) is 19.1 Å². The Bertz CT molecular complexity index is 401. The quantitative estimate of drug-likeness (QED) is 0.860. The van der Waals surface area contributed by atoms with Crippen molar-refractivity contribution in [2.24, 2.45) is 11.8 Å². The van der Waals surface area contributed by atoms with E-state index < -0.39 is 11.9 Å². The van der Waals surface area contributed by atoms with Crippen molar-refractivity contribution in [2.75, 3.05) is 26.3 Å². The molecule has 2 saturated heterocycles. The lowest BCUT2D eigenvalue weighted by Gasteiger charge is -2.42. The molecule has 2 rings (SSSR count). The first kappa shape index (κ1) is 16.1. The molecule has 2 aliphatic heterocycles. The third-order valence-electron chi connectivity index (χ3n) is 4.97. The van der Waals surface area contributed by atoms with Crippen LogP contribution >= 0.6 is 0 Å². The number of hydrogen-bond donors (Lipinski definition) is 1. The van der Waals surface area contributed by atoms with E-state index in [4.69, 9.17) is 4.74 Å². The summed E-state index contributed by atoms with van der Waals surface area (Å²) in [7, 11) is 0. The Morgan fingerprint density at radius 1 is 1.33 bits per heavy atom. The van der Waals surface area contributed by atoms with Crippen molar-refractivity contribution in [2.45, 2.75) is 45.7 Å². The first-order valence-electron chi connectivity index (χ1n) is 7.85. The van der Waals surface area contributed by atoms with E-state index in [0.717, 1.165) is 19.4 Å². The third-order valence-corrected chi connectivity index (χ3v) is 4.97. The zero-order chi connectivity index (χ0) is 15.6. The molecule has 0 saturated carbocycles. The van der Waals surface area contributed by atoms with Gasteiger partial charge in [0.25, 0.3) is 0 Å². The van der Waals surface area contributed by atoms with E-state index >= 15 is 0 Å². The van der Waals surface area contributed by atoms with Crippen LogP contribution in [0.2, 0.25) is 0 Å². The number of amides is 2. The van der Waals surface area contributed by atoms with Crippen LogP contribution in [0, 0.1) is 11.8 Å². The van der Waals surface area contributed by atoms with Gasteiger partial charge in [0.1, 0.15) is 5.92 Å². The molecule has 2 fully saturated rings. The summed E-state index contributed by atoms with van der Waals surface area (Å²) >= 11 is 0. The molecule has 21 heavy (non-hydrogen) atoms. The van der Waals surface area contributed by atoms with Crippen molar-refractivity contribution in [3.05, 3.63) is 0 Å². The molecular formula is C15H26N2O4. The Morgan fingerprint density at radius 2 is 2.05 bits per heavy atom. The fraction of sp³-hybridized carbons (Fsp3) is 0.867. The summed E-state index contributed by atoms with van der Waals surface area (Å²) in [6, 6.07) is -0.200. The smallest absolute Gasteiger partial charge is 0.320 e. The second-order valence-corrected chi connectivity index (χ2v) is 6.17. The molecule has 0 aromatic rings. The molecule has 0 aliphatic carbocycles. The summed E-state index contributed by atoms with van der Waals surface area (Å²) < 4.78 is 5.31. The molecule has 0 aromatic heterocycles. The van der Waals surface area contributed by atoms with Crippen LogP contribution in [0.5, 0.6) is 0 Å². The number of carboxylic acids is 1. The number of aliphatic carboxylic acids is 1. The van der Waals surface area contributed by atoms with Gasteiger partial charge in [-0.2, -0.15) is 0 Å². The first-order valence-corrected chi connectivity index (χ1v) is 7.85. The van der Waals surface area contributed by atoms with Crippen molar-refractivity contribution in [1.82, 2.24) is 9.80 Å². The molecule has 120 valence electrons. The molecule has 6 nitrogen and oxygen atoms in total. The van der Waals surface area contributed by atoms with Gasteiger partial charge in [0, 0.05) is 19.1 Å². The van der Waals surface area contributed by atoms with Gasteiger partial charge in [-0.25, -0.2) is 4.79 Å². The molecule has 4 unspecified atom stereocenters. The van der Waals surface area contributed by atoms with Gasteiger partial charge in [0.15, 0.2) is 0 Å². The van der Waals surface area contributed by atoms with Gasteiger partial charge in [-0.05, 0) is 32.6 Å². The predicted molar refractivity (Wildman–Crippen MR) is 78.1 cm³/mol. The number of rotatable bonds is 3. The lowest BCUT2D eigenvalue weighted by molar-refractivity contribution is -0.142. The van der Waals surface area contributed by atoms with Crippen LogP contribution in [0.25, 0.3) is 0 Å². The van der Waals surface area contributed by atoms with Crippen LogP contribution < -0.4 is 0 Å². The summed E-state index contributed by atoms with van der Waals surface area (Å²) in [6.07, 6.45) is 2.15. The SMILES string of the molecule is CCN(C(=O)N1CCCC(C)C1C)C1COCC1C(=O)O. The molecule has 2 heterocycles. The molecule has 0 aromatic carbocycles. The minimum atomic E-state index is -0.885. The average molecular weight is 298 g/mol. The highest BCUT2D eigenvalue weighted by atomic mass is 16.5. The minimum Gasteiger partial charge on any atom is -0.481 e. The molecule has 4 atom stereocenters. The van der Waals surface area contributed by atoms with Crippen molar-refractivity contribution < 1.29 is 19.4 Å². The van der Waals surface area contributed by atoms with Crippen molar-refractivity contribution in [3.63, 3.8) is 0 Å². The molecule has 6 heteroatoms. The van der Waals surface area contributed by atoms with Gasteiger partial charge in [0.2, 0.25) is 0 Å². The van der Waals surface area contributed by atoms with Crippen LogP contribution in [-0.4, -0.2) is 65.3 Å². The Hall–Kier alpha value is -1.30. The standard InChI is InChI=1S/C15H26N2O4/c1-4-16(13-9-21-8-12(13)14(18)19)15(20)17-7-5-6-10(2)11(17)3/h10-13H,4-9H2,1-3H3,(H,18,19). The Morgan fingerprint density at radius 3 is 2.67 bits per heavy atom. The van der Waals surface area contributed by atoms with E-state index in [9.17, 15) is 14.7 Å². The number of carbonyl (C=O) groups excluding carboxylic acids is 1. The van der Waals surface area contributed by atoms with Gasteiger partial charge >= 0.3 is 12.0 Å². The maximum Gasteiger partial charge on any atom is 0.320 e. The van der Waals surface area contributed by atoms with Gasteiger partial charge < -0.3 is 19.6 Å². The van der Waals surface area contributed by atoms with E-state index in [1.54, 1.807) is 4.90 Å². The molecule has 0 radical (unpaired) electrons. The first-order chi connectivity index (χ1) is 9.97. The lowest BCUT2D eigenvalue weighted by atomic mass is 9.92. The third kappa shape index (κ3) is 3.15. The molecule has 2 aliphatic rings. The Labute approximate surface area is 126 Å². The van der Waals surface area contributed by atoms with Gasteiger partial charge in [-0.1, -0.05) is 6.92 Å². The molecular weight excluding hydrogens is 272 g/mol. The monoisotopic (exact) mass is 298 g/mol. The number of nitrogens with zero attached hydrogens (tertiary/aromatic N) is 2. The maximum atomic E-state index is 12.8. The number of ether oxygens (including phenoxy) is 1. The average Bonchev–Trinajstić information content (AvgIpc) is 2.92. The Kier molecular flexibility index (Phi) is 5.08. The summed E-state index contributed by atoms with van der Waals surface area (Å²) in [5, 5.41) is 9.28. The van der Waals surface area contributed by atoms with Crippen LogP contribution in [0.1, 0.15) is 33.6 Å². The molecule has 2 amide bonds. The largest absolute Gasteiger partial charge is 0.481 e. The Balaban J connectivity index is 2.13. The number of likely N-dealkylation sites (tertiary alicyclic amines) is 1. The fourth-order valence-corrected chi connectivity index (χ4v) is 3.37. The minimum absolute atomic E-state index is 0.0432. The highest BCUT2D eigenvalue weighted by Crippen LogP contribution is 2.27. The number of hydrogen-bond acceptors (Lipinski definition) is 3. The van der Waals surface area contributed by atoms with Gasteiger partial charge in [-0.3, -0.25) is 4.79 Å². The van der Waals surface area contributed by atoms with Crippen molar-refractivity contribution in [3.8, 4) is 0 Å². The van der Waals surface area contributed by atoms with E-state index in [1.165, 1.54) is 0 Å². The lowest BCUT2D eigenvalue weighted by Crippen LogP contribution is -2.56. The summed E-state index contributed by atoms with van der Waals surface area (Å²) in [5.74, 6) is -1.02. The van der Waals surface area contributed by atoms with E-state index in [1.807, 2.05) is 11.8 Å². The fourth-order valence-electron chi connectivity index (χ4n) is 3.37. The molecule has 0 spiro atoms. The molecule has 1 N–H and O–H groups in total. The predicted octanol–water partition coefficient (Wildman–Crippen LogP) is 1.65. The maximum absolute atomic E-state index is 12.8.